The van der Waals surface area contributed by atoms with Crippen molar-refractivity contribution in [3.05, 3.63) is 84.2 Å². The van der Waals surface area contributed by atoms with Gasteiger partial charge in [0.15, 0.2) is 11.5 Å². The molecule has 212 valence electrons. The van der Waals surface area contributed by atoms with Crippen molar-refractivity contribution < 1.29 is 24.2 Å². The smallest absolute Gasteiger partial charge is 0.303 e. The normalized spacial score (nSPS) is 17.1. The molecule has 39 heavy (non-hydrogen) atoms. The number of allylic oxidation sites excluding steroid dienone is 6. The molecule has 0 fully saturated rings. The number of methoxy groups -OCH3 is 1. The van der Waals surface area contributed by atoms with Crippen LogP contribution in [0, 0.1) is 5.92 Å². The number of unbranched alkanes of at least 4 members (excludes halogenated alkanes) is 9. The van der Waals surface area contributed by atoms with Crippen LogP contribution >= 0.6 is 0 Å². The van der Waals surface area contributed by atoms with Gasteiger partial charge in [-0.3, -0.25) is 14.4 Å². The van der Waals surface area contributed by atoms with Crippen molar-refractivity contribution >= 4 is 17.5 Å². The first kappa shape index (κ1) is 32.0. The molecule has 0 saturated carbocycles. The first-order valence-electron chi connectivity index (χ1n) is 14.6. The fraction of sp³-hybridized carbons (Fsp3) is 0.500. The van der Waals surface area contributed by atoms with Gasteiger partial charge in [-0.2, -0.15) is 0 Å². The summed E-state index contributed by atoms with van der Waals surface area (Å²) in [5, 5.41) is 8.52. The van der Waals surface area contributed by atoms with Crippen LogP contribution in [0.1, 0.15) is 101 Å². The zero-order valence-electron chi connectivity index (χ0n) is 23.6. The molecule has 0 amide bonds. The monoisotopic (exact) mass is 534 g/mol. The number of ketones is 2. The summed E-state index contributed by atoms with van der Waals surface area (Å²) in [7, 11) is 1.37. The second-order valence-corrected chi connectivity index (χ2v) is 10.4. The van der Waals surface area contributed by atoms with Gasteiger partial charge in [-0.1, -0.05) is 106 Å². The van der Waals surface area contributed by atoms with E-state index in [2.05, 4.69) is 18.7 Å². The molecule has 0 spiro atoms. The van der Waals surface area contributed by atoms with Crippen molar-refractivity contribution in [1.29, 1.82) is 0 Å². The van der Waals surface area contributed by atoms with Gasteiger partial charge in [-0.25, -0.2) is 0 Å². The van der Waals surface area contributed by atoms with Gasteiger partial charge in [0, 0.05) is 24.0 Å². The van der Waals surface area contributed by atoms with Gasteiger partial charge in [0.05, 0.1) is 7.11 Å². The van der Waals surface area contributed by atoms with Crippen LogP contribution in [-0.4, -0.2) is 29.8 Å². The summed E-state index contributed by atoms with van der Waals surface area (Å²) in [6.07, 6.45) is 26.1. The first-order chi connectivity index (χ1) is 19.0. The summed E-state index contributed by atoms with van der Waals surface area (Å²) < 4.78 is 4.86. The number of benzene rings is 1. The summed E-state index contributed by atoms with van der Waals surface area (Å²) >= 11 is 0. The number of aliphatic carboxylic acids is 1. The number of rotatable bonds is 17. The molecule has 1 aromatic carbocycles. The molecule has 0 aliphatic heterocycles. The van der Waals surface area contributed by atoms with E-state index in [1.807, 2.05) is 30.3 Å². The maximum atomic E-state index is 12.1. The lowest BCUT2D eigenvalue weighted by atomic mass is 9.85. The van der Waals surface area contributed by atoms with Gasteiger partial charge in [0.2, 0.25) is 5.78 Å². The van der Waals surface area contributed by atoms with E-state index >= 15 is 0 Å². The van der Waals surface area contributed by atoms with Crippen molar-refractivity contribution in [3.63, 3.8) is 0 Å². The Balaban J connectivity index is 0.000000274. The van der Waals surface area contributed by atoms with E-state index < -0.39 is 5.97 Å². The second kappa shape index (κ2) is 18.9. The predicted molar refractivity (Wildman–Crippen MR) is 157 cm³/mol. The van der Waals surface area contributed by atoms with Gasteiger partial charge in [-0.15, -0.1) is 6.58 Å². The topological polar surface area (TPSA) is 80.7 Å². The Morgan fingerprint density at radius 1 is 0.949 bits per heavy atom. The summed E-state index contributed by atoms with van der Waals surface area (Å²) in [6, 6.07) is 9.48. The summed E-state index contributed by atoms with van der Waals surface area (Å²) in [5.41, 5.74) is 1.35. The van der Waals surface area contributed by atoms with Crippen LogP contribution in [-0.2, 0) is 19.1 Å². The third kappa shape index (κ3) is 12.5. The number of hydrogen-bond acceptors (Lipinski definition) is 4. The number of carbonyl (C=O) groups is 3. The highest BCUT2D eigenvalue weighted by Crippen LogP contribution is 2.29. The SMILES string of the molecule is C=CC(C1=CC(=O)C(OC)=CC1=O)c1ccccc1.O=C(O)CCCCCCCCCCCCC1C=CCC1. The maximum Gasteiger partial charge on any atom is 0.303 e. The number of ether oxygens (including phenoxy) is 1. The molecule has 2 aliphatic rings. The van der Waals surface area contributed by atoms with Crippen LogP contribution in [0.15, 0.2) is 78.6 Å². The van der Waals surface area contributed by atoms with Crippen LogP contribution in [0.25, 0.3) is 0 Å². The van der Waals surface area contributed by atoms with Crippen LogP contribution in [0.5, 0.6) is 0 Å². The van der Waals surface area contributed by atoms with Gasteiger partial charge in [-0.05, 0) is 43.2 Å². The van der Waals surface area contributed by atoms with Crippen molar-refractivity contribution in [2.24, 2.45) is 5.92 Å². The highest BCUT2D eigenvalue weighted by atomic mass is 16.5. The molecule has 1 aromatic rings. The molecule has 0 heterocycles. The van der Waals surface area contributed by atoms with E-state index in [0.29, 0.717) is 12.0 Å². The molecule has 2 unspecified atom stereocenters. The van der Waals surface area contributed by atoms with Gasteiger partial charge in [0.25, 0.3) is 0 Å². The zero-order chi connectivity index (χ0) is 28.3. The Morgan fingerprint density at radius 2 is 1.56 bits per heavy atom. The van der Waals surface area contributed by atoms with E-state index in [4.69, 9.17) is 9.84 Å². The average molecular weight is 535 g/mol. The Morgan fingerprint density at radius 3 is 2.10 bits per heavy atom. The highest BCUT2D eigenvalue weighted by molar-refractivity contribution is 6.19. The summed E-state index contributed by atoms with van der Waals surface area (Å²) in [5.74, 6) is -0.485. The molecule has 0 aromatic heterocycles. The average Bonchev–Trinajstić information content (AvgIpc) is 3.46. The molecule has 3 rings (SSSR count). The van der Waals surface area contributed by atoms with Crippen LogP contribution in [0.4, 0.5) is 0 Å². The lowest BCUT2D eigenvalue weighted by molar-refractivity contribution is -0.137. The fourth-order valence-corrected chi connectivity index (χ4v) is 5.10. The Labute approximate surface area is 234 Å². The Bertz CT molecular complexity index is 1000. The molecule has 0 bridgehead atoms. The van der Waals surface area contributed by atoms with Crippen molar-refractivity contribution in [2.45, 2.75) is 95.8 Å². The minimum absolute atomic E-state index is 0.0737. The van der Waals surface area contributed by atoms with E-state index in [1.165, 1.54) is 89.9 Å². The second-order valence-electron chi connectivity index (χ2n) is 10.4. The van der Waals surface area contributed by atoms with Crippen molar-refractivity contribution in [3.8, 4) is 0 Å². The van der Waals surface area contributed by atoms with Crippen molar-refractivity contribution in [1.82, 2.24) is 0 Å². The molecule has 5 heteroatoms. The zero-order valence-corrected chi connectivity index (χ0v) is 23.6. The molecule has 5 nitrogen and oxygen atoms in total. The minimum Gasteiger partial charge on any atom is -0.493 e. The van der Waals surface area contributed by atoms with Crippen LogP contribution < -0.4 is 0 Å². The van der Waals surface area contributed by atoms with E-state index in [9.17, 15) is 14.4 Å². The quantitative estimate of drug-likeness (QED) is 0.124. The number of hydrogen-bond donors (Lipinski definition) is 1. The van der Waals surface area contributed by atoms with Gasteiger partial charge < -0.3 is 9.84 Å². The summed E-state index contributed by atoms with van der Waals surface area (Å²) in [4.78, 5) is 34.2. The molecular weight excluding hydrogens is 488 g/mol. The standard InChI is InChI=1S/C18H32O2.C16H14O3/c19-18(20)16-10-8-6-4-2-1-3-5-7-9-13-17-14-11-12-15-17;1-3-12(11-7-5-4-6-8-11)13-9-15(18)16(19-2)10-14(13)17/h11,14,17H,1-10,12-13,15-16H2,(H,19,20);3-10,12H,1H2,2H3. The summed E-state index contributed by atoms with van der Waals surface area (Å²) in [6.45, 7) is 3.75. The fourth-order valence-electron chi connectivity index (χ4n) is 5.10. The molecule has 0 radical (unpaired) electrons. The van der Waals surface area contributed by atoms with E-state index in [1.54, 1.807) is 6.08 Å². The van der Waals surface area contributed by atoms with Crippen LogP contribution in [0.2, 0.25) is 0 Å². The van der Waals surface area contributed by atoms with Gasteiger partial charge >= 0.3 is 5.97 Å². The van der Waals surface area contributed by atoms with Crippen molar-refractivity contribution in [2.75, 3.05) is 7.11 Å². The molecule has 0 saturated heterocycles. The first-order valence-corrected chi connectivity index (χ1v) is 14.6. The molecule has 2 aliphatic carbocycles. The Kier molecular flexibility index (Phi) is 15.5. The molecule has 1 N–H and O–H groups in total. The number of carboxylic acid groups (broad SMARTS) is 1. The predicted octanol–water partition coefficient (Wildman–Crippen LogP) is 8.28. The molecular formula is C34H46O5. The number of carboxylic acids is 1. The lowest BCUT2D eigenvalue weighted by Gasteiger charge is -2.18. The highest BCUT2D eigenvalue weighted by Gasteiger charge is 2.26. The largest absolute Gasteiger partial charge is 0.493 e. The Hall–Kier alpha value is -3.21. The maximum absolute atomic E-state index is 12.1. The third-order valence-corrected chi connectivity index (χ3v) is 7.35. The van der Waals surface area contributed by atoms with Crippen LogP contribution in [0.3, 0.4) is 0 Å². The minimum atomic E-state index is -0.655. The lowest BCUT2D eigenvalue weighted by Crippen LogP contribution is -2.18. The number of carbonyl (C=O) groups excluding carboxylic acids is 2. The third-order valence-electron chi connectivity index (χ3n) is 7.35. The van der Waals surface area contributed by atoms with Gasteiger partial charge in [0.1, 0.15) is 0 Å². The van der Waals surface area contributed by atoms with E-state index in [-0.39, 0.29) is 23.2 Å². The molecule has 2 atom stereocenters. The van der Waals surface area contributed by atoms with E-state index in [0.717, 1.165) is 24.3 Å².